The van der Waals surface area contributed by atoms with Gasteiger partial charge in [-0.05, 0) is 44.2 Å². The summed E-state index contributed by atoms with van der Waals surface area (Å²) in [7, 11) is 0. The van der Waals surface area contributed by atoms with Crippen molar-refractivity contribution >= 4 is 21.7 Å². The molecule has 4 heteroatoms. The molecular weight excluding hydrogens is 304 g/mol. The summed E-state index contributed by atoms with van der Waals surface area (Å²) in [5.41, 5.74) is 0. The van der Waals surface area contributed by atoms with E-state index in [9.17, 15) is 0 Å². The molecule has 1 aromatic heterocycles. The van der Waals surface area contributed by atoms with Crippen molar-refractivity contribution in [1.29, 1.82) is 0 Å². The summed E-state index contributed by atoms with van der Waals surface area (Å²) in [6, 6.07) is 5.27. The largest absolute Gasteiger partial charge is 0.490 e. The predicted octanol–water partition coefficient (Wildman–Crippen LogP) is 3.77. The van der Waals surface area contributed by atoms with Gasteiger partial charge in [-0.2, -0.15) is 0 Å². The van der Waals surface area contributed by atoms with Gasteiger partial charge >= 0.3 is 0 Å². The van der Waals surface area contributed by atoms with E-state index in [4.69, 9.17) is 4.74 Å². The zero-order chi connectivity index (χ0) is 13.2. The number of nitrogens with zero attached hydrogens (tertiary/aromatic N) is 2. The third-order valence-corrected chi connectivity index (χ3v) is 4.88. The number of hydrogen-bond acceptors (Lipinski definition) is 3. The summed E-state index contributed by atoms with van der Waals surface area (Å²) < 4.78 is 5.87. The Morgan fingerprint density at radius 3 is 2.79 bits per heavy atom. The van der Waals surface area contributed by atoms with E-state index >= 15 is 0 Å². The van der Waals surface area contributed by atoms with Crippen molar-refractivity contribution in [3.63, 3.8) is 0 Å². The molecule has 19 heavy (non-hydrogen) atoms. The first kappa shape index (κ1) is 13.2. The molecule has 0 N–H and O–H groups in total. The van der Waals surface area contributed by atoms with Crippen LogP contribution < -0.4 is 9.64 Å². The van der Waals surface area contributed by atoms with Gasteiger partial charge in [0.15, 0.2) is 11.6 Å². The van der Waals surface area contributed by atoms with Gasteiger partial charge in [0.2, 0.25) is 0 Å². The second-order valence-electron chi connectivity index (χ2n) is 5.53. The van der Waals surface area contributed by atoms with Crippen LogP contribution >= 0.6 is 15.9 Å². The molecule has 2 atom stereocenters. The van der Waals surface area contributed by atoms with Gasteiger partial charge in [-0.3, -0.25) is 0 Å². The number of anilines is 1. The smallest absolute Gasteiger partial charge is 0.171 e. The Balaban J connectivity index is 1.86. The molecule has 0 aliphatic carbocycles. The molecule has 0 amide bonds. The molecule has 2 bridgehead atoms. The number of halogens is 1. The minimum atomic E-state index is 0.627. The molecule has 2 aliphatic rings. The van der Waals surface area contributed by atoms with E-state index in [1.54, 1.807) is 0 Å². The van der Waals surface area contributed by atoms with Crippen molar-refractivity contribution in [2.45, 2.75) is 55.9 Å². The molecule has 3 nitrogen and oxygen atoms in total. The molecule has 0 radical (unpaired) electrons. The fourth-order valence-electron chi connectivity index (χ4n) is 3.36. The van der Waals surface area contributed by atoms with Gasteiger partial charge in [0.25, 0.3) is 0 Å². The lowest BCUT2D eigenvalue weighted by Crippen LogP contribution is -2.44. The zero-order valence-electron chi connectivity index (χ0n) is 11.4. The van der Waals surface area contributed by atoms with Crippen LogP contribution in [0.4, 0.5) is 5.82 Å². The minimum absolute atomic E-state index is 0.627. The van der Waals surface area contributed by atoms with Crippen LogP contribution in [0.15, 0.2) is 18.3 Å². The average molecular weight is 325 g/mol. The van der Waals surface area contributed by atoms with Crippen LogP contribution in [0.5, 0.6) is 5.75 Å². The number of pyridine rings is 1. The van der Waals surface area contributed by atoms with Gasteiger partial charge < -0.3 is 9.64 Å². The standard InChI is InChI=1S/C15H21BrN2O/c1-2-8-19-14-4-3-7-17-15(14)18-12-5-6-13(18)10-11(16)9-12/h3-4,7,11-13H,2,5-6,8-10H2,1H3. The molecule has 2 aliphatic heterocycles. The van der Waals surface area contributed by atoms with Gasteiger partial charge in [-0.1, -0.05) is 22.9 Å². The first-order valence-electron chi connectivity index (χ1n) is 7.29. The van der Waals surface area contributed by atoms with E-state index in [-0.39, 0.29) is 0 Å². The lowest BCUT2D eigenvalue weighted by atomic mass is 10.0. The highest BCUT2D eigenvalue weighted by molar-refractivity contribution is 9.09. The van der Waals surface area contributed by atoms with E-state index in [1.807, 2.05) is 12.3 Å². The van der Waals surface area contributed by atoms with Gasteiger partial charge in [0.05, 0.1) is 6.61 Å². The number of rotatable bonds is 4. The maximum absolute atomic E-state index is 5.87. The van der Waals surface area contributed by atoms with E-state index in [2.05, 4.69) is 38.8 Å². The quantitative estimate of drug-likeness (QED) is 0.788. The Morgan fingerprint density at radius 2 is 2.11 bits per heavy atom. The van der Waals surface area contributed by atoms with E-state index in [0.29, 0.717) is 16.9 Å². The maximum Gasteiger partial charge on any atom is 0.171 e. The lowest BCUT2D eigenvalue weighted by Gasteiger charge is -2.38. The van der Waals surface area contributed by atoms with Crippen LogP contribution in [0.1, 0.15) is 39.0 Å². The third kappa shape index (κ3) is 2.60. The Hall–Kier alpha value is -0.770. The highest BCUT2D eigenvalue weighted by atomic mass is 79.9. The number of ether oxygens (including phenoxy) is 1. The molecule has 3 rings (SSSR count). The fourth-order valence-corrected chi connectivity index (χ4v) is 4.22. The Morgan fingerprint density at radius 1 is 1.37 bits per heavy atom. The average Bonchev–Trinajstić information content (AvgIpc) is 2.68. The first-order chi connectivity index (χ1) is 9.29. The molecule has 0 spiro atoms. The van der Waals surface area contributed by atoms with Crippen molar-refractivity contribution in [1.82, 2.24) is 4.98 Å². The second-order valence-corrected chi connectivity index (χ2v) is 6.83. The highest BCUT2D eigenvalue weighted by Gasteiger charge is 2.41. The fraction of sp³-hybridized carbons (Fsp3) is 0.667. The Kier molecular flexibility index (Phi) is 3.96. The van der Waals surface area contributed by atoms with Gasteiger partial charge in [0.1, 0.15) is 0 Å². The van der Waals surface area contributed by atoms with Crippen molar-refractivity contribution in [3.05, 3.63) is 18.3 Å². The number of aromatic nitrogens is 1. The summed E-state index contributed by atoms with van der Waals surface area (Å²) in [6.45, 7) is 2.90. The van der Waals surface area contributed by atoms with Gasteiger partial charge in [-0.15, -0.1) is 0 Å². The molecule has 2 unspecified atom stereocenters. The normalized spacial score (nSPS) is 29.6. The molecule has 0 saturated carbocycles. The van der Waals surface area contributed by atoms with E-state index < -0.39 is 0 Å². The minimum Gasteiger partial charge on any atom is -0.490 e. The number of hydrogen-bond donors (Lipinski definition) is 0. The topological polar surface area (TPSA) is 25.4 Å². The van der Waals surface area contributed by atoms with Crippen molar-refractivity contribution in [2.24, 2.45) is 0 Å². The monoisotopic (exact) mass is 324 g/mol. The summed E-state index contributed by atoms with van der Waals surface area (Å²) in [6.07, 6.45) is 7.94. The van der Waals surface area contributed by atoms with Gasteiger partial charge in [-0.25, -0.2) is 4.98 Å². The first-order valence-corrected chi connectivity index (χ1v) is 8.21. The van der Waals surface area contributed by atoms with Crippen LogP contribution in [-0.4, -0.2) is 28.5 Å². The number of fused-ring (bicyclic) bond motifs is 2. The van der Waals surface area contributed by atoms with Crippen molar-refractivity contribution in [2.75, 3.05) is 11.5 Å². The van der Waals surface area contributed by atoms with Crippen molar-refractivity contribution in [3.8, 4) is 5.75 Å². The van der Waals surface area contributed by atoms with Crippen LogP contribution in [0.3, 0.4) is 0 Å². The molecule has 0 aromatic carbocycles. The number of alkyl halides is 1. The van der Waals surface area contributed by atoms with E-state index in [0.717, 1.165) is 24.6 Å². The molecule has 2 saturated heterocycles. The molecular formula is C15H21BrN2O. The van der Waals surface area contributed by atoms with Crippen LogP contribution in [0, 0.1) is 0 Å². The predicted molar refractivity (Wildman–Crippen MR) is 81.3 cm³/mol. The molecule has 1 aromatic rings. The van der Waals surface area contributed by atoms with Crippen molar-refractivity contribution < 1.29 is 4.74 Å². The molecule has 3 heterocycles. The van der Waals surface area contributed by atoms with Crippen LogP contribution in [0.2, 0.25) is 0 Å². The summed E-state index contributed by atoms with van der Waals surface area (Å²) in [5.74, 6) is 2.01. The third-order valence-electron chi connectivity index (χ3n) is 4.13. The summed E-state index contributed by atoms with van der Waals surface area (Å²) >= 11 is 3.79. The number of piperidine rings is 1. The SMILES string of the molecule is CCCOc1cccnc1N1C2CCC1CC(Br)C2. The summed E-state index contributed by atoms with van der Waals surface area (Å²) in [4.78, 5) is 7.79. The highest BCUT2D eigenvalue weighted by Crippen LogP contribution is 2.43. The Labute approximate surface area is 123 Å². The second kappa shape index (κ2) is 5.70. The van der Waals surface area contributed by atoms with Crippen LogP contribution in [-0.2, 0) is 0 Å². The zero-order valence-corrected chi connectivity index (χ0v) is 13.0. The lowest BCUT2D eigenvalue weighted by molar-refractivity contribution is 0.314. The molecule has 2 fully saturated rings. The maximum atomic E-state index is 5.87. The van der Waals surface area contributed by atoms with E-state index in [1.165, 1.54) is 25.7 Å². The summed E-state index contributed by atoms with van der Waals surface area (Å²) in [5, 5.41) is 0. The Bertz CT molecular complexity index is 426. The molecule has 104 valence electrons. The van der Waals surface area contributed by atoms with Gasteiger partial charge in [0, 0.05) is 23.1 Å². The van der Waals surface area contributed by atoms with Crippen LogP contribution in [0.25, 0.3) is 0 Å².